The molecule has 0 aliphatic heterocycles. The molecule has 0 N–H and O–H groups in total. The molecule has 0 aliphatic rings. The van der Waals surface area contributed by atoms with E-state index in [1.54, 1.807) is 24.3 Å². The fourth-order valence-electron chi connectivity index (χ4n) is 5.04. The van der Waals surface area contributed by atoms with E-state index >= 15 is 0 Å². The summed E-state index contributed by atoms with van der Waals surface area (Å²) in [4.78, 5) is 0.190. The highest BCUT2D eigenvalue weighted by atomic mass is 127. The molecule has 3 aromatic carbocycles. The average Bonchev–Trinajstić information content (AvgIpc) is 3.02. The Labute approximate surface area is 270 Å². The molecule has 0 saturated heterocycles. The number of halogens is 1. The molecule has 0 aliphatic carbocycles. The molecule has 0 fully saturated rings. The van der Waals surface area contributed by atoms with E-state index in [0.717, 1.165) is 24.9 Å². The first-order valence-electron chi connectivity index (χ1n) is 16.5. The van der Waals surface area contributed by atoms with Crippen molar-refractivity contribution in [1.29, 1.82) is 0 Å². The zero-order chi connectivity index (χ0) is 30.6. The summed E-state index contributed by atoms with van der Waals surface area (Å²) in [5.74, 6) is 0.815. The first-order valence-corrected chi connectivity index (χ1v) is 20.9. The predicted octanol–water partition coefficient (Wildman–Crippen LogP) is 7.62. The maximum atomic E-state index is 13.1. The summed E-state index contributed by atoms with van der Waals surface area (Å²) in [6.07, 6.45) is 21.7. The molecule has 3 aromatic rings. The van der Waals surface area contributed by atoms with Crippen LogP contribution in [0.4, 0.5) is 0 Å². The van der Waals surface area contributed by atoms with Crippen LogP contribution in [0.3, 0.4) is 0 Å². The Morgan fingerprint density at radius 2 is 1.02 bits per heavy atom. The van der Waals surface area contributed by atoms with Gasteiger partial charge in [-0.05, 0) is 64.4 Å². The monoisotopic (exact) mass is 720 g/mol. The molecule has 43 heavy (non-hydrogen) atoms. The van der Waals surface area contributed by atoms with Crippen molar-refractivity contribution in [1.82, 2.24) is 0 Å². The van der Waals surface area contributed by atoms with E-state index in [2.05, 4.69) is 6.92 Å². The minimum atomic E-state index is -3.88. The van der Waals surface area contributed by atoms with Gasteiger partial charge in [-0.2, -0.15) is 8.42 Å². The van der Waals surface area contributed by atoms with E-state index in [9.17, 15) is 8.42 Å². The lowest BCUT2D eigenvalue weighted by molar-refractivity contribution is -1.03. The Morgan fingerprint density at radius 3 is 1.53 bits per heavy atom. The summed E-state index contributed by atoms with van der Waals surface area (Å²) in [5, 5.41) is 0. The van der Waals surface area contributed by atoms with Crippen molar-refractivity contribution in [3.05, 3.63) is 91.6 Å². The van der Waals surface area contributed by atoms with Crippen molar-refractivity contribution in [2.75, 3.05) is 6.61 Å². The second-order valence-electron chi connectivity index (χ2n) is 11.5. The van der Waals surface area contributed by atoms with Crippen LogP contribution in [0.1, 0.15) is 115 Å². The van der Waals surface area contributed by atoms with Crippen molar-refractivity contribution < 1.29 is 35.9 Å². The fourth-order valence-corrected chi connectivity index (χ4v) is 12.0. The van der Waals surface area contributed by atoms with E-state index < -0.39 is 30.4 Å². The maximum Gasteiger partial charge on any atom is 0.336 e. The van der Waals surface area contributed by atoms with Crippen molar-refractivity contribution in [2.24, 2.45) is 0 Å². The molecule has 1 radical (unpaired) electrons. The van der Waals surface area contributed by atoms with Gasteiger partial charge in [0.1, 0.15) is 5.75 Å². The van der Waals surface area contributed by atoms with E-state index in [4.69, 9.17) is 7.25 Å². The summed E-state index contributed by atoms with van der Waals surface area (Å²) in [7, 11) is -3.88. The highest BCUT2D eigenvalue weighted by Gasteiger charge is 2.37. The molecule has 0 aromatic heterocycles. The molecule has 0 heterocycles. The highest BCUT2D eigenvalue weighted by molar-refractivity contribution is 7.86. The zero-order valence-corrected chi connectivity index (χ0v) is 29.4. The molecule has 3 rings (SSSR count). The summed E-state index contributed by atoms with van der Waals surface area (Å²) >= 11 is -2.71. The van der Waals surface area contributed by atoms with Crippen LogP contribution in [-0.2, 0) is 12.6 Å². The normalized spacial score (nSPS) is 11.7. The van der Waals surface area contributed by atoms with Gasteiger partial charge in [-0.3, -0.25) is 0 Å². The Balaban J connectivity index is 1.32. The number of rotatable bonds is 23. The number of benzene rings is 3. The summed E-state index contributed by atoms with van der Waals surface area (Å²) in [5.41, 5.74) is 1.01. The minimum absolute atomic E-state index is 0.190. The predicted molar refractivity (Wildman–Crippen MR) is 175 cm³/mol. The van der Waals surface area contributed by atoms with Crippen LogP contribution in [0.15, 0.2) is 83.8 Å². The fraction of sp³-hybridized carbons (Fsp3) is 0.514. The zero-order valence-electron chi connectivity index (χ0n) is 26.4. The lowest BCUT2D eigenvalue weighted by atomic mass is 10.0. The Morgan fingerprint density at radius 1 is 0.558 bits per heavy atom. The van der Waals surface area contributed by atoms with E-state index in [1.165, 1.54) is 96.3 Å². The van der Waals surface area contributed by atoms with Gasteiger partial charge in [0.25, 0.3) is 0 Å². The van der Waals surface area contributed by atoms with Gasteiger partial charge in [-0.25, -0.2) is 0 Å². The Hall–Kier alpha value is -1.90. The largest absolute Gasteiger partial charge is 0.494 e. The number of hydrogen-bond acceptors (Lipinski definition) is 4. The molecule has 0 atom stereocenters. The van der Waals surface area contributed by atoms with Crippen LogP contribution < -0.4 is 25.0 Å². The third kappa shape index (κ3) is 14.2. The molecule has 4 nitrogen and oxygen atoms in total. The molecule has 0 unspecified atom stereocenters. The van der Waals surface area contributed by atoms with Gasteiger partial charge < -0.3 is 4.74 Å². The molecule has 0 amide bonds. The molecule has 0 bridgehead atoms. The SMILES string of the molecule is CCCCCCCCCCCCCCCCCCOc1ccc([I+](OS(=O)(=O)c2ccc(C)cc2)c2ccccc2)cc1. The van der Waals surface area contributed by atoms with Gasteiger partial charge in [-0.1, -0.05) is 139 Å². The van der Waals surface area contributed by atoms with Crippen molar-refractivity contribution in [3.63, 3.8) is 0 Å². The third-order valence-electron chi connectivity index (χ3n) is 7.67. The lowest BCUT2D eigenvalue weighted by Gasteiger charge is -2.08. The van der Waals surface area contributed by atoms with E-state index in [0.29, 0.717) is 6.61 Å². The summed E-state index contributed by atoms with van der Waals surface area (Å²) < 4.78 is 40.1. The van der Waals surface area contributed by atoms with Crippen LogP contribution in [0.5, 0.6) is 5.75 Å². The van der Waals surface area contributed by atoms with Crippen LogP contribution in [0, 0.1) is 14.1 Å². The van der Waals surface area contributed by atoms with Crippen molar-refractivity contribution in [2.45, 2.75) is 121 Å². The number of unbranched alkanes of at least 4 members (excludes halogenated alkanes) is 15. The smallest absolute Gasteiger partial charge is 0.336 e. The summed E-state index contributed by atoms with van der Waals surface area (Å²) in [6.45, 7) is 4.92. The molecular weight excluding hydrogens is 667 g/mol. The van der Waals surface area contributed by atoms with E-state index in [-0.39, 0.29) is 4.90 Å². The lowest BCUT2D eigenvalue weighted by Crippen LogP contribution is -3.85. The van der Waals surface area contributed by atoms with Crippen LogP contribution in [-0.4, -0.2) is 15.0 Å². The van der Waals surface area contributed by atoms with Crippen LogP contribution >= 0.6 is 0 Å². The number of aryl methyl sites for hydroxylation is 1. The standard InChI is InChI=1S/C37H53IO4S/c1-3-4-5-6-7-8-9-10-11-12-13-14-15-16-17-21-32-41-36-28-26-35(27-29-36)38(34-22-19-18-20-23-34)42-43(39,40)37-30-24-33(2)25-31-37/h18-20,22-31H,3-17,21,32H2,1-2H3/q+1. The summed E-state index contributed by atoms with van der Waals surface area (Å²) in [6, 6.07) is 24.3. The minimum Gasteiger partial charge on any atom is -0.494 e. The first kappa shape index (κ1) is 35.6. The van der Waals surface area contributed by atoms with Crippen LogP contribution in [0.25, 0.3) is 0 Å². The van der Waals surface area contributed by atoms with Gasteiger partial charge in [0, 0.05) is 0 Å². The van der Waals surface area contributed by atoms with E-state index in [1.807, 2.05) is 61.5 Å². The molecule has 6 heteroatoms. The maximum absolute atomic E-state index is 13.1. The van der Waals surface area contributed by atoms with Gasteiger partial charge in [0.15, 0.2) is 7.14 Å². The Bertz CT molecular complexity index is 1230. The number of hydrogen-bond donors (Lipinski definition) is 0. The van der Waals surface area contributed by atoms with Crippen LogP contribution in [0.2, 0.25) is 0 Å². The van der Waals surface area contributed by atoms with Gasteiger partial charge in [0.05, 0.1) is 11.5 Å². The average molecular weight is 721 g/mol. The second-order valence-corrected chi connectivity index (χ2v) is 18.0. The topological polar surface area (TPSA) is 52.6 Å². The van der Waals surface area contributed by atoms with Gasteiger partial charge in [0.2, 0.25) is 0 Å². The molecular formula is C37H53IO4S+. The molecule has 0 saturated carbocycles. The number of ether oxygens (including phenoxy) is 1. The third-order valence-corrected chi connectivity index (χ3v) is 15.0. The van der Waals surface area contributed by atoms with Gasteiger partial charge in [-0.15, -0.1) is 0 Å². The molecule has 237 valence electrons. The molecule has 0 spiro atoms. The van der Waals surface area contributed by atoms with Crippen molar-refractivity contribution >= 4 is 10.1 Å². The second kappa shape index (κ2) is 20.9. The van der Waals surface area contributed by atoms with Crippen molar-refractivity contribution in [3.8, 4) is 5.75 Å². The quantitative estimate of drug-likeness (QED) is 0.0748. The first-order chi connectivity index (χ1) is 21.0. The Kier molecular flexibility index (Phi) is 17.3. The highest BCUT2D eigenvalue weighted by Crippen LogP contribution is 2.15. The van der Waals surface area contributed by atoms with Gasteiger partial charge >= 0.3 is 30.4 Å².